The van der Waals surface area contributed by atoms with Crippen molar-refractivity contribution in [3.05, 3.63) is 51.4 Å². The van der Waals surface area contributed by atoms with Gasteiger partial charge in [0.2, 0.25) is 0 Å². The van der Waals surface area contributed by atoms with Gasteiger partial charge in [0.25, 0.3) is 11.6 Å². The highest BCUT2D eigenvalue weighted by Gasteiger charge is 2.16. The Balaban J connectivity index is 2.29. The number of anilines is 1. The van der Waals surface area contributed by atoms with Crippen LogP contribution >= 0.6 is 11.6 Å². The number of halogens is 1. The van der Waals surface area contributed by atoms with Crippen LogP contribution in [0.5, 0.6) is 5.75 Å². The molecule has 2 aromatic rings. The number of amides is 1. The minimum Gasteiger partial charge on any atom is -0.495 e. The number of rotatable bonds is 4. The van der Waals surface area contributed by atoms with E-state index in [0.717, 1.165) is 0 Å². The summed E-state index contributed by atoms with van der Waals surface area (Å²) in [5.74, 6) is -0.305. The van der Waals surface area contributed by atoms with Crippen LogP contribution in [0.2, 0.25) is 5.22 Å². The second-order valence-corrected chi connectivity index (χ2v) is 4.07. The lowest BCUT2D eigenvalue weighted by molar-refractivity contribution is -0.384. The first-order chi connectivity index (χ1) is 9.51. The Morgan fingerprint density at radius 1 is 1.40 bits per heavy atom. The number of carbonyl (C=O) groups excluding carboxylic acids is 1. The standard InChI is InChI=1S/C12H9ClN2O5/c1-19-9-3-2-7(15(17)18)6-8(9)14-12(16)10-4-5-11(13)20-10/h2-6H,1H3,(H,14,16). The molecule has 0 fully saturated rings. The molecule has 0 saturated heterocycles. The van der Waals surface area contributed by atoms with Gasteiger partial charge < -0.3 is 14.5 Å². The van der Waals surface area contributed by atoms with E-state index in [0.29, 0.717) is 5.75 Å². The van der Waals surface area contributed by atoms with Crippen molar-refractivity contribution >= 4 is 28.9 Å². The van der Waals surface area contributed by atoms with Crippen molar-refractivity contribution in [1.29, 1.82) is 0 Å². The molecule has 0 spiro atoms. The predicted molar refractivity (Wildman–Crippen MR) is 71.3 cm³/mol. The van der Waals surface area contributed by atoms with Crippen molar-refractivity contribution in [2.75, 3.05) is 12.4 Å². The number of benzene rings is 1. The Bertz CT molecular complexity index is 668. The predicted octanol–water partition coefficient (Wildman–Crippen LogP) is 3.10. The molecular formula is C12H9ClN2O5. The lowest BCUT2D eigenvalue weighted by Gasteiger charge is -2.08. The van der Waals surface area contributed by atoms with E-state index in [2.05, 4.69) is 5.32 Å². The molecule has 0 saturated carbocycles. The fraction of sp³-hybridized carbons (Fsp3) is 0.0833. The highest BCUT2D eigenvalue weighted by atomic mass is 35.5. The summed E-state index contributed by atoms with van der Waals surface area (Å²) in [6, 6.07) is 6.67. The van der Waals surface area contributed by atoms with Crippen molar-refractivity contribution < 1.29 is 18.9 Å². The van der Waals surface area contributed by atoms with Gasteiger partial charge in [0, 0.05) is 12.1 Å². The van der Waals surface area contributed by atoms with Crippen LogP contribution in [0.3, 0.4) is 0 Å². The largest absolute Gasteiger partial charge is 0.495 e. The van der Waals surface area contributed by atoms with E-state index in [-0.39, 0.29) is 22.4 Å². The molecule has 8 heteroatoms. The van der Waals surface area contributed by atoms with Gasteiger partial charge in [-0.1, -0.05) is 0 Å². The summed E-state index contributed by atoms with van der Waals surface area (Å²) in [4.78, 5) is 22.0. The van der Waals surface area contributed by atoms with Gasteiger partial charge in [0.15, 0.2) is 11.0 Å². The highest BCUT2D eigenvalue weighted by molar-refractivity contribution is 6.29. The molecule has 1 aromatic carbocycles. The quantitative estimate of drug-likeness (QED) is 0.691. The summed E-state index contributed by atoms with van der Waals surface area (Å²) < 4.78 is 9.98. The molecule has 0 aliphatic rings. The molecule has 20 heavy (non-hydrogen) atoms. The number of ether oxygens (including phenoxy) is 1. The molecule has 1 N–H and O–H groups in total. The third-order valence-corrected chi connectivity index (χ3v) is 2.64. The molecule has 1 heterocycles. The van der Waals surface area contributed by atoms with Crippen LogP contribution in [0, 0.1) is 10.1 Å². The van der Waals surface area contributed by atoms with E-state index in [1.165, 1.54) is 37.4 Å². The molecule has 0 radical (unpaired) electrons. The zero-order valence-electron chi connectivity index (χ0n) is 10.3. The molecular weight excluding hydrogens is 288 g/mol. The monoisotopic (exact) mass is 296 g/mol. The molecule has 7 nitrogen and oxygen atoms in total. The van der Waals surface area contributed by atoms with Crippen molar-refractivity contribution in [3.63, 3.8) is 0 Å². The molecule has 0 atom stereocenters. The first-order valence-electron chi connectivity index (χ1n) is 5.40. The minimum absolute atomic E-state index is 0.0106. The van der Waals surface area contributed by atoms with Crippen LogP contribution in [0.15, 0.2) is 34.7 Å². The van der Waals surface area contributed by atoms with Crippen LogP contribution < -0.4 is 10.1 Å². The number of furan rings is 1. The Hall–Kier alpha value is -2.54. The number of nitro benzene ring substituents is 1. The zero-order chi connectivity index (χ0) is 14.7. The van der Waals surface area contributed by atoms with Gasteiger partial charge in [-0.15, -0.1) is 0 Å². The van der Waals surface area contributed by atoms with Crippen molar-refractivity contribution in [1.82, 2.24) is 0 Å². The topological polar surface area (TPSA) is 94.6 Å². The number of methoxy groups -OCH3 is 1. The molecule has 0 aliphatic heterocycles. The van der Waals surface area contributed by atoms with E-state index < -0.39 is 10.8 Å². The number of hydrogen-bond acceptors (Lipinski definition) is 5. The molecule has 0 unspecified atom stereocenters. The third-order valence-electron chi connectivity index (χ3n) is 2.44. The molecule has 1 aromatic heterocycles. The maximum absolute atomic E-state index is 11.9. The maximum Gasteiger partial charge on any atom is 0.291 e. The zero-order valence-corrected chi connectivity index (χ0v) is 11.0. The molecule has 0 bridgehead atoms. The Morgan fingerprint density at radius 2 is 2.15 bits per heavy atom. The summed E-state index contributed by atoms with van der Waals surface area (Å²) in [7, 11) is 1.39. The first kappa shape index (κ1) is 13.9. The number of carbonyl (C=O) groups is 1. The van der Waals surface area contributed by atoms with Crippen LogP contribution in [0.1, 0.15) is 10.6 Å². The van der Waals surface area contributed by atoms with Gasteiger partial charge >= 0.3 is 0 Å². The summed E-state index contributed by atoms with van der Waals surface area (Å²) >= 11 is 5.57. The summed E-state index contributed by atoms with van der Waals surface area (Å²) in [6.07, 6.45) is 0. The van der Waals surface area contributed by atoms with Gasteiger partial charge in [0.1, 0.15) is 5.75 Å². The van der Waals surface area contributed by atoms with Crippen LogP contribution in [0.4, 0.5) is 11.4 Å². The summed E-state index contributed by atoms with van der Waals surface area (Å²) in [5, 5.41) is 13.3. The Kier molecular flexibility index (Phi) is 3.90. The fourth-order valence-corrected chi connectivity index (χ4v) is 1.67. The molecule has 2 rings (SSSR count). The Morgan fingerprint density at radius 3 is 2.70 bits per heavy atom. The number of non-ortho nitro benzene ring substituents is 1. The van der Waals surface area contributed by atoms with Crippen molar-refractivity contribution in [3.8, 4) is 5.75 Å². The van der Waals surface area contributed by atoms with E-state index in [4.69, 9.17) is 20.8 Å². The fourth-order valence-electron chi connectivity index (χ4n) is 1.53. The number of nitrogens with one attached hydrogen (secondary N) is 1. The summed E-state index contributed by atoms with van der Waals surface area (Å²) in [6.45, 7) is 0. The van der Waals surface area contributed by atoms with E-state index in [9.17, 15) is 14.9 Å². The summed E-state index contributed by atoms with van der Waals surface area (Å²) in [5.41, 5.74) is -0.00204. The maximum atomic E-state index is 11.9. The van der Waals surface area contributed by atoms with Crippen LogP contribution in [0.25, 0.3) is 0 Å². The molecule has 1 amide bonds. The van der Waals surface area contributed by atoms with Crippen molar-refractivity contribution in [2.24, 2.45) is 0 Å². The van der Waals surface area contributed by atoms with Gasteiger partial charge in [-0.05, 0) is 29.8 Å². The lowest BCUT2D eigenvalue weighted by atomic mass is 10.2. The molecule has 104 valence electrons. The minimum atomic E-state index is -0.587. The van der Waals surface area contributed by atoms with E-state index >= 15 is 0 Å². The second-order valence-electron chi connectivity index (χ2n) is 3.70. The Labute approximate surface area is 118 Å². The van der Waals surface area contributed by atoms with Gasteiger partial charge in [-0.3, -0.25) is 14.9 Å². The number of hydrogen-bond donors (Lipinski definition) is 1. The van der Waals surface area contributed by atoms with Crippen LogP contribution in [-0.2, 0) is 0 Å². The average molecular weight is 297 g/mol. The highest BCUT2D eigenvalue weighted by Crippen LogP contribution is 2.29. The van der Waals surface area contributed by atoms with Crippen molar-refractivity contribution in [2.45, 2.75) is 0 Å². The normalized spacial score (nSPS) is 10.1. The average Bonchev–Trinajstić information content (AvgIpc) is 2.85. The second kappa shape index (κ2) is 5.62. The van der Waals surface area contributed by atoms with Crippen LogP contribution in [-0.4, -0.2) is 17.9 Å². The van der Waals surface area contributed by atoms with Gasteiger partial charge in [-0.25, -0.2) is 0 Å². The van der Waals surface area contributed by atoms with Gasteiger partial charge in [0.05, 0.1) is 17.7 Å². The lowest BCUT2D eigenvalue weighted by Crippen LogP contribution is -2.12. The number of nitro groups is 1. The SMILES string of the molecule is COc1ccc([N+](=O)[O-])cc1NC(=O)c1ccc(Cl)o1. The van der Waals surface area contributed by atoms with E-state index in [1.54, 1.807) is 0 Å². The van der Waals surface area contributed by atoms with E-state index in [1.807, 2.05) is 0 Å². The third kappa shape index (κ3) is 2.89. The first-order valence-corrected chi connectivity index (χ1v) is 5.78. The number of nitrogens with zero attached hydrogens (tertiary/aromatic N) is 1. The smallest absolute Gasteiger partial charge is 0.291 e. The molecule has 0 aliphatic carbocycles. The van der Waals surface area contributed by atoms with Gasteiger partial charge in [-0.2, -0.15) is 0 Å².